The summed E-state index contributed by atoms with van der Waals surface area (Å²) in [5, 5.41) is 0.544. The summed E-state index contributed by atoms with van der Waals surface area (Å²) in [6, 6.07) is 22.0. The number of aromatic nitrogens is 1. The van der Waals surface area contributed by atoms with Gasteiger partial charge in [-0.05, 0) is 48.5 Å². The van der Waals surface area contributed by atoms with E-state index < -0.39 is 21.6 Å². The van der Waals surface area contributed by atoms with E-state index in [1.807, 2.05) is 0 Å². The predicted molar refractivity (Wildman–Crippen MR) is 113 cm³/mol. The molecule has 0 aliphatic heterocycles. The van der Waals surface area contributed by atoms with Gasteiger partial charge in [-0.2, -0.15) is 0 Å². The number of nitrogens with zero attached hydrogens (tertiary/aromatic N) is 1. The highest BCUT2D eigenvalue weighted by Gasteiger charge is 2.29. The van der Waals surface area contributed by atoms with Crippen LogP contribution in [0.25, 0.3) is 10.9 Å². The summed E-state index contributed by atoms with van der Waals surface area (Å²) < 4.78 is 32.7. The van der Waals surface area contributed by atoms with Crippen LogP contribution in [0.4, 0.5) is 0 Å². The fourth-order valence-electron chi connectivity index (χ4n) is 3.23. The zero-order chi connectivity index (χ0) is 21.3. The smallest absolute Gasteiger partial charge is 0.268 e. The molecule has 4 aromatic rings. The summed E-state index contributed by atoms with van der Waals surface area (Å²) >= 11 is 0. The first kappa shape index (κ1) is 19.6. The molecule has 0 saturated carbocycles. The van der Waals surface area contributed by atoms with Crippen molar-refractivity contribution < 1.29 is 22.7 Å². The van der Waals surface area contributed by atoms with Crippen LogP contribution in [0, 0.1) is 0 Å². The second-order valence-electron chi connectivity index (χ2n) is 6.56. The molecule has 0 saturated heterocycles. The number of rotatable bonds is 6. The predicted octanol–water partition coefficient (Wildman–Crippen LogP) is 3.95. The largest absolute Gasteiger partial charge is 0.497 e. The maximum atomic E-state index is 13.4. The average Bonchev–Trinajstić information content (AvgIpc) is 3.19. The molecule has 0 fully saturated rings. The Morgan fingerprint density at radius 3 is 2.10 bits per heavy atom. The zero-order valence-corrected chi connectivity index (χ0v) is 16.8. The van der Waals surface area contributed by atoms with E-state index in [0.717, 1.165) is 3.97 Å². The van der Waals surface area contributed by atoms with Crippen LogP contribution in [-0.4, -0.2) is 31.1 Å². The Labute approximate surface area is 173 Å². The van der Waals surface area contributed by atoms with E-state index in [1.54, 1.807) is 54.6 Å². The fraction of sp³-hybridized carbons (Fsp3) is 0.0435. The highest BCUT2D eigenvalue weighted by Crippen LogP contribution is 2.27. The molecule has 6 nitrogen and oxygen atoms in total. The van der Waals surface area contributed by atoms with Crippen molar-refractivity contribution in [3.63, 3.8) is 0 Å². The molecule has 3 aromatic carbocycles. The third-order valence-electron chi connectivity index (χ3n) is 4.74. The molecular weight excluding hydrogens is 402 g/mol. The number of ketones is 2. The summed E-state index contributed by atoms with van der Waals surface area (Å²) in [6.45, 7) is 0. The Bertz CT molecular complexity index is 1350. The molecule has 0 unspecified atom stereocenters. The van der Waals surface area contributed by atoms with Crippen molar-refractivity contribution in [2.75, 3.05) is 7.11 Å². The highest BCUT2D eigenvalue weighted by molar-refractivity contribution is 7.90. The van der Waals surface area contributed by atoms with E-state index in [9.17, 15) is 18.0 Å². The molecule has 0 N–H and O–H groups in total. The maximum absolute atomic E-state index is 13.4. The number of hydrogen-bond acceptors (Lipinski definition) is 5. The lowest BCUT2D eigenvalue weighted by atomic mass is 10.1. The van der Waals surface area contributed by atoms with Crippen LogP contribution in [0.5, 0.6) is 5.75 Å². The first-order valence-corrected chi connectivity index (χ1v) is 10.5. The zero-order valence-electron chi connectivity index (χ0n) is 16.0. The minimum atomic E-state index is -4.10. The van der Waals surface area contributed by atoms with E-state index in [1.165, 1.54) is 37.4 Å². The number of Topliss-reactive ketones (excluding diaryl/α,β-unsaturated/α-hetero) is 2. The Morgan fingerprint density at radius 2 is 1.43 bits per heavy atom. The lowest BCUT2D eigenvalue weighted by Gasteiger charge is -2.11. The standard InChI is InChI=1S/C23H17NO5S/c1-29-18-13-11-16(12-14-18)22(25)23(26)21-15-17-7-5-6-10-20(17)24(21)30(27,28)19-8-3-2-4-9-19/h2-15H,1H3. The van der Waals surface area contributed by atoms with Crippen LogP contribution >= 0.6 is 0 Å². The summed E-state index contributed by atoms with van der Waals surface area (Å²) in [5.41, 5.74) is 0.267. The average molecular weight is 419 g/mol. The molecule has 0 aliphatic rings. The van der Waals surface area contributed by atoms with Crippen molar-refractivity contribution in [1.82, 2.24) is 3.97 Å². The molecule has 4 rings (SSSR count). The van der Waals surface area contributed by atoms with E-state index in [2.05, 4.69) is 0 Å². The van der Waals surface area contributed by atoms with Gasteiger partial charge in [-0.15, -0.1) is 0 Å². The SMILES string of the molecule is COc1ccc(C(=O)C(=O)c2cc3ccccc3n2S(=O)(=O)c2ccccc2)cc1. The van der Waals surface area contributed by atoms with Crippen LogP contribution < -0.4 is 4.74 Å². The number of carbonyl (C=O) groups is 2. The fourth-order valence-corrected chi connectivity index (χ4v) is 4.77. The first-order valence-electron chi connectivity index (χ1n) is 9.07. The molecule has 1 heterocycles. The van der Waals surface area contributed by atoms with Gasteiger partial charge < -0.3 is 4.74 Å². The molecule has 0 amide bonds. The van der Waals surface area contributed by atoms with E-state index in [4.69, 9.17) is 4.74 Å². The van der Waals surface area contributed by atoms with Gasteiger partial charge in [-0.25, -0.2) is 12.4 Å². The molecule has 150 valence electrons. The number of carbonyl (C=O) groups excluding carboxylic acids is 2. The van der Waals surface area contributed by atoms with Crippen LogP contribution in [0.1, 0.15) is 20.8 Å². The van der Waals surface area contributed by atoms with Crippen LogP contribution in [0.3, 0.4) is 0 Å². The van der Waals surface area contributed by atoms with Gasteiger partial charge >= 0.3 is 0 Å². The normalized spacial score (nSPS) is 11.4. The van der Waals surface area contributed by atoms with Crippen molar-refractivity contribution in [1.29, 1.82) is 0 Å². The summed E-state index contributed by atoms with van der Waals surface area (Å²) in [6.07, 6.45) is 0. The van der Waals surface area contributed by atoms with Crippen molar-refractivity contribution in [2.24, 2.45) is 0 Å². The molecule has 0 aliphatic carbocycles. The topological polar surface area (TPSA) is 82.4 Å². The number of ether oxygens (including phenoxy) is 1. The minimum absolute atomic E-state index is 0.0253. The summed E-state index contributed by atoms with van der Waals surface area (Å²) in [4.78, 5) is 26.0. The molecule has 7 heteroatoms. The third-order valence-corrected chi connectivity index (χ3v) is 6.48. The van der Waals surface area contributed by atoms with Crippen molar-refractivity contribution >= 4 is 32.5 Å². The van der Waals surface area contributed by atoms with E-state index in [0.29, 0.717) is 16.7 Å². The lowest BCUT2D eigenvalue weighted by Crippen LogP contribution is -2.23. The second-order valence-corrected chi connectivity index (χ2v) is 8.34. The Balaban J connectivity index is 1.88. The third kappa shape index (κ3) is 3.29. The molecule has 0 atom stereocenters. The van der Waals surface area contributed by atoms with Gasteiger partial charge in [0.1, 0.15) is 11.4 Å². The number of benzene rings is 3. The van der Waals surface area contributed by atoms with Crippen molar-refractivity contribution in [3.05, 3.63) is 96.2 Å². The Morgan fingerprint density at radius 1 is 0.800 bits per heavy atom. The van der Waals surface area contributed by atoms with E-state index >= 15 is 0 Å². The lowest BCUT2D eigenvalue weighted by molar-refractivity contribution is 0.0813. The van der Waals surface area contributed by atoms with Crippen LogP contribution in [0.15, 0.2) is 89.8 Å². The number of para-hydroxylation sites is 1. The van der Waals surface area contributed by atoms with Gasteiger partial charge in [0, 0.05) is 10.9 Å². The summed E-state index contributed by atoms with van der Waals surface area (Å²) in [7, 11) is -2.61. The number of methoxy groups -OCH3 is 1. The minimum Gasteiger partial charge on any atom is -0.497 e. The van der Waals surface area contributed by atoms with Gasteiger partial charge in [-0.1, -0.05) is 36.4 Å². The van der Waals surface area contributed by atoms with E-state index in [-0.39, 0.29) is 16.2 Å². The number of hydrogen-bond donors (Lipinski definition) is 0. The molecule has 30 heavy (non-hydrogen) atoms. The maximum Gasteiger partial charge on any atom is 0.268 e. The molecule has 0 bridgehead atoms. The van der Waals surface area contributed by atoms with Crippen molar-refractivity contribution in [2.45, 2.75) is 4.90 Å². The van der Waals surface area contributed by atoms with Crippen LogP contribution in [-0.2, 0) is 10.0 Å². The highest BCUT2D eigenvalue weighted by atomic mass is 32.2. The first-order chi connectivity index (χ1) is 14.4. The second kappa shape index (κ2) is 7.61. The quantitative estimate of drug-likeness (QED) is 0.349. The summed E-state index contributed by atoms with van der Waals surface area (Å²) in [5.74, 6) is -1.17. The van der Waals surface area contributed by atoms with Crippen molar-refractivity contribution in [3.8, 4) is 5.75 Å². The monoisotopic (exact) mass is 419 g/mol. The van der Waals surface area contributed by atoms with Gasteiger partial charge in [0.15, 0.2) is 0 Å². The van der Waals surface area contributed by atoms with Crippen LogP contribution in [0.2, 0.25) is 0 Å². The number of fused-ring (bicyclic) bond motifs is 1. The molecular formula is C23H17NO5S. The Kier molecular flexibility index (Phi) is 4.97. The van der Waals surface area contributed by atoms with Gasteiger partial charge in [-0.3, -0.25) is 9.59 Å². The molecule has 0 spiro atoms. The van der Waals surface area contributed by atoms with Gasteiger partial charge in [0.2, 0.25) is 5.78 Å². The molecule has 1 aromatic heterocycles. The Hall–Kier alpha value is -3.71. The van der Waals surface area contributed by atoms with Gasteiger partial charge in [0.05, 0.1) is 17.5 Å². The molecule has 0 radical (unpaired) electrons. The van der Waals surface area contributed by atoms with Gasteiger partial charge in [0.25, 0.3) is 15.8 Å².